The van der Waals surface area contributed by atoms with Gasteiger partial charge in [-0.2, -0.15) is 0 Å². The molecule has 2 aliphatic heterocycles. The normalized spacial score (nSPS) is 18.5. The molecule has 1 atom stereocenters. The summed E-state index contributed by atoms with van der Waals surface area (Å²) in [5.41, 5.74) is 9.68. The monoisotopic (exact) mass is 456 g/mol. The van der Waals surface area contributed by atoms with Gasteiger partial charge in [-0.15, -0.1) is 11.3 Å². The molecule has 1 saturated heterocycles. The van der Waals surface area contributed by atoms with E-state index in [0.717, 1.165) is 46.0 Å². The molecule has 8 heteroatoms. The number of anilines is 2. The molecule has 0 spiro atoms. The van der Waals surface area contributed by atoms with E-state index in [9.17, 15) is 4.79 Å². The predicted molar refractivity (Wildman–Crippen MR) is 127 cm³/mol. The highest BCUT2D eigenvalue weighted by Gasteiger charge is 2.28. The van der Waals surface area contributed by atoms with Crippen molar-refractivity contribution in [1.29, 1.82) is 0 Å². The highest BCUT2D eigenvalue weighted by molar-refractivity contribution is 7.21. The average molecular weight is 457 g/mol. The number of aromatic nitrogens is 1. The van der Waals surface area contributed by atoms with E-state index < -0.39 is 0 Å². The average Bonchev–Trinajstić information content (AvgIpc) is 3.10. The number of aryl methyl sites for hydroxylation is 1. The molecule has 3 N–H and O–H groups in total. The molecule has 3 aromatic rings. The van der Waals surface area contributed by atoms with Crippen LogP contribution in [0.25, 0.3) is 10.2 Å². The summed E-state index contributed by atoms with van der Waals surface area (Å²) in [4.78, 5) is 21.0. The van der Waals surface area contributed by atoms with Crippen LogP contribution in [0.3, 0.4) is 0 Å². The van der Waals surface area contributed by atoms with E-state index in [4.69, 9.17) is 22.1 Å². The van der Waals surface area contributed by atoms with Gasteiger partial charge in [0.15, 0.2) is 0 Å². The molecule has 5 rings (SSSR count). The highest BCUT2D eigenvalue weighted by atomic mass is 35.5. The zero-order chi connectivity index (χ0) is 21.5. The van der Waals surface area contributed by atoms with Crippen molar-refractivity contribution in [3.63, 3.8) is 0 Å². The molecule has 2 aliphatic rings. The van der Waals surface area contributed by atoms with Gasteiger partial charge in [-0.1, -0.05) is 17.7 Å². The maximum Gasteiger partial charge on any atom is 0.263 e. The van der Waals surface area contributed by atoms with Crippen molar-refractivity contribution in [2.24, 2.45) is 0 Å². The number of nitrogens with one attached hydrogen (secondary N) is 1. The van der Waals surface area contributed by atoms with Gasteiger partial charge in [-0.05, 0) is 56.4 Å². The Kier molecular flexibility index (Phi) is 5.40. The lowest BCUT2D eigenvalue weighted by atomic mass is 10.0. The first kappa shape index (κ1) is 20.4. The number of carbonyl (C=O) groups excluding carboxylic acids is 1. The van der Waals surface area contributed by atoms with Gasteiger partial charge in [-0.3, -0.25) is 4.79 Å². The van der Waals surface area contributed by atoms with Crippen molar-refractivity contribution in [2.75, 3.05) is 30.3 Å². The summed E-state index contributed by atoms with van der Waals surface area (Å²) >= 11 is 8.04. The quantitative estimate of drug-likeness (QED) is 0.603. The number of benzene rings is 1. The van der Waals surface area contributed by atoms with Crippen molar-refractivity contribution in [1.82, 2.24) is 10.3 Å². The Labute approximate surface area is 190 Å². The second kappa shape index (κ2) is 8.20. The number of thiophene rings is 1. The minimum Gasteiger partial charge on any atom is -0.490 e. The molecular weight excluding hydrogens is 432 g/mol. The van der Waals surface area contributed by atoms with Crippen molar-refractivity contribution < 1.29 is 9.53 Å². The molecule has 6 nitrogen and oxygen atoms in total. The van der Waals surface area contributed by atoms with E-state index in [2.05, 4.69) is 27.3 Å². The van der Waals surface area contributed by atoms with E-state index >= 15 is 0 Å². The van der Waals surface area contributed by atoms with Gasteiger partial charge in [0.2, 0.25) is 0 Å². The Morgan fingerprint density at radius 1 is 1.26 bits per heavy atom. The number of piperidine rings is 1. The lowest BCUT2D eigenvalue weighted by Crippen LogP contribution is -2.42. The third-order valence-electron chi connectivity index (χ3n) is 6.02. The van der Waals surface area contributed by atoms with E-state index in [1.54, 1.807) is 0 Å². The fourth-order valence-electron chi connectivity index (χ4n) is 4.39. The number of nitrogens with zero attached hydrogens (tertiary/aromatic N) is 2. The number of hydrogen-bond donors (Lipinski definition) is 2. The van der Waals surface area contributed by atoms with Gasteiger partial charge < -0.3 is 20.7 Å². The minimum atomic E-state index is -0.189. The van der Waals surface area contributed by atoms with Crippen molar-refractivity contribution in [2.45, 2.75) is 38.6 Å². The van der Waals surface area contributed by atoms with Crippen LogP contribution in [0, 0.1) is 6.92 Å². The Balaban J connectivity index is 1.32. The van der Waals surface area contributed by atoms with E-state index in [1.807, 2.05) is 19.1 Å². The van der Waals surface area contributed by atoms with Crippen LogP contribution in [0.5, 0.6) is 5.75 Å². The summed E-state index contributed by atoms with van der Waals surface area (Å²) in [6, 6.07) is 7.83. The zero-order valence-corrected chi connectivity index (χ0v) is 19.0. The predicted octanol–water partition coefficient (Wildman–Crippen LogP) is 4.56. The Morgan fingerprint density at radius 3 is 2.87 bits per heavy atom. The number of nitrogen functional groups attached to an aromatic ring is 1. The molecule has 31 heavy (non-hydrogen) atoms. The SMILES string of the molecule is Cc1ccc2c(N)c(C(=O)N[C@@H]3COc4c(ccc(N5CCCCC5)c4Cl)C3)sc2n1. The number of halogens is 1. The number of rotatable bonds is 3. The van der Waals surface area contributed by atoms with Crippen LogP contribution < -0.4 is 20.7 Å². The standard InChI is InChI=1S/C23H25ClN4O2S/c1-13-5-7-16-19(25)21(31-23(16)26-13)22(29)27-15-11-14-6-8-17(18(24)20(14)30-12-15)28-9-3-2-4-10-28/h5-8,15H,2-4,9-12,25H2,1H3,(H,27,29)/t15-/m0/s1. The van der Waals surface area contributed by atoms with Gasteiger partial charge in [0.05, 0.1) is 17.4 Å². The molecule has 0 radical (unpaired) electrons. The number of pyridine rings is 1. The number of ether oxygens (including phenoxy) is 1. The molecule has 4 heterocycles. The van der Waals surface area contributed by atoms with Crippen molar-refractivity contribution >= 4 is 50.4 Å². The van der Waals surface area contributed by atoms with E-state index in [1.165, 1.54) is 30.6 Å². The molecule has 1 aromatic carbocycles. The fraction of sp³-hybridized carbons (Fsp3) is 0.391. The van der Waals surface area contributed by atoms with Gasteiger partial charge in [-0.25, -0.2) is 4.98 Å². The number of amides is 1. The summed E-state index contributed by atoms with van der Waals surface area (Å²) < 4.78 is 6.03. The Hall–Kier alpha value is -2.51. The van der Waals surface area contributed by atoms with Gasteiger partial charge >= 0.3 is 0 Å². The zero-order valence-electron chi connectivity index (χ0n) is 17.4. The molecule has 0 aliphatic carbocycles. The summed E-state index contributed by atoms with van der Waals surface area (Å²) in [5, 5.41) is 4.58. The van der Waals surface area contributed by atoms with Gasteiger partial charge in [0.1, 0.15) is 27.1 Å². The molecule has 1 fully saturated rings. The maximum atomic E-state index is 12.9. The molecule has 0 saturated carbocycles. The van der Waals surface area contributed by atoms with Crippen molar-refractivity contribution in [3.8, 4) is 5.75 Å². The molecule has 1 amide bonds. The van der Waals surface area contributed by atoms with E-state index in [-0.39, 0.29) is 11.9 Å². The number of fused-ring (bicyclic) bond motifs is 2. The number of hydrogen-bond acceptors (Lipinski definition) is 6. The van der Waals surface area contributed by atoms with Crippen LogP contribution in [0.2, 0.25) is 5.02 Å². The summed E-state index contributed by atoms with van der Waals surface area (Å²) in [5.74, 6) is 0.558. The second-order valence-electron chi connectivity index (χ2n) is 8.27. The van der Waals surface area contributed by atoms with Crippen LogP contribution in [-0.2, 0) is 6.42 Å². The fourth-order valence-corrected chi connectivity index (χ4v) is 5.79. The lowest BCUT2D eigenvalue weighted by molar-refractivity contribution is 0.0920. The first-order chi connectivity index (χ1) is 15.0. The van der Waals surface area contributed by atoms with Gasteiger partial charge in [0, 0.05) is 24.2 Å². The van der Waals surface area contributed by atoms with E-state index in [0.29, 0.717) is 28.6 Å². The molecule has 162 valence electrons. The van der Waals surface area contributed by atoms with Crippen LogP contribution >= 0.6 is 22.9 Å². The summed E-state index contributed by atoms with van der Waals surface area (Å²) in [7, 11) is 0. The molecular formula is C23H25ClN4O2S. The van der Waals surface area contributed by atoms with Crippen LogP contribution in [0.1, 0.15) is 40.2 Å². The molecule has 0 unspecified atom stereocenters. The highest BCUT2D eigenvalue weighted by Crippen LogP contribution is 2.41. The minimum absolute atomic E-state index is 0.142. The largest absolute Gasteiger partial charge is 0.490 e. The third-order valence-corrected chi connectivity index (χ3v) is 7.50. The molecule has 0 bridgehead atoms. The second-order valence-corrected chi connectivity index (χ2v) is 9.65. The Bertz CT molecular complexity index is 1160. The van der Waals surface area contributed by atoms with Crippen LogP contribution in [0.15, 0.2) is 24.3 Å². The van der Waals surface area contributed by atoms with Crippen LogP contribution in [-0.4, -0.2) is 36.6 Å². The van der Waals surface area contributed by atoms with Crippen molar-refractivity contribution in [3.05, 3.63) is 45.4 Å². The first-order valence-electron chi connectivity index (χ1n) is 10.7. The van der Waals surface area contributed by atoms with Crippen LogP contribution in [0.4, 0.5) is 11.4 Å². The maximum absolute atomic E-state index is 12.9. The molecule has 2 aromatic heterocycles. The topological polar surface area (TPSA) is 80.5 Å². The smallest absolute Gasteiger partial charge is 0.263 e. The van der Waals surface area contributed by atoms with Gasteiger partial charge in [0.25, 0.3) is 5.91 Å². The number of carbonyl (C=O) groups is 1. The first-order valence-corrected chi connectivity index (χ1v) is 11.9. The Morgan fingerprint density at radius 2 is 2.06 bits per heavy atom. The summed E-state index contributed by atoms with van der Waals surface area (Å²) in [6.45, 7) is 4.36. The number of nitrogens with two attached hydrogens (primary N) is 1. The third kappa shape index (κ3) is 3.81. The lowest BCUT2D eigenvalue weighted by Gasteiger charge is -2.32. The summed E-state index contributed by atoms with van der Waals surface area (Å²) in [6.07, 6.45) is 4.33.